The van der Waals surface area contributed by atoms with E-state index in [9.17, 15) is 0 Å². The molecular formula is C28H50N2O2. The van der Waals surface area contributed by atoms with Crippen molar-refractivity contribution >= 4 is 0 Å². The molecule has 1 unspecified atom stereocenters. The van der Waals surface area contributed by atoms with Crippen LogP contribution in [0, 0.1) is 5.92 Å². The van der Waals surface area contributed by atoms with E-state index in [0.717, 1.165) is 50.8 Å². The fraction of sp³-hybridized carbons (Fsp3) is 0.786. The molecule has 1 aliphatic heterocycles. The van der Waals surface area contributed by atoms with Gasteiger partial charge < -0.3 is 14.8 Å². The summed E-state index contributed by atoms with van der Waals surface area (Å²) in [6.45, 7) is 17.2. The molecule has 0 aliphatic carbocycles. The average Bonchev–Trinajstić information content (AvgIpc) is 2.73. The lowest BCUT2D eigenvalue weighted by atomic mass is 9.93. The number of hydrogen-bond donors (Lipinski definition) is 1. The van der Waals surface area contributed by atoms with E-state index in [1.54, 1.807) is 0 Å². The summed E-state index contributed by atoms with van der Waals surface area (Å²) in [5.41, 5.74) is 1.62. The van der Waals surface area contributed by atoms with Crippen LogP contribution in [-0.4, -0.2) is 55.9 Å². The van der Waals surface area contributed by atoms with Crippen LogP contribution >= 0.6 is 0 Å². The highest BCUT2D eigenvalue weighted by atomic mass is 16.5. The number of likely N-dealkylation sites (tertiary alicyclic amines) is 1. The van der Waals surface area contributed by atoms with Gasteiger partial charge in [-0.25, -0.2) is 0 Å². The lowest BCUT2D eigenvalue weighted by Crippen LogP contribution is -2.39. The van der Waals surface area contributed by atoms with Crippen LogP contribution in [0.2, 0.25) is 0 Å². The summed E-state index contributed by atoms with van der Waals surface area (Å²) in [7, 11) is 0. The molecule has 2 rings (SSSR count). The normalized spacial score (nSPS) is 17.8. The molecule has 184 valence electrons. The van der Waals surface area contributed by atoms with Gasteiger partial charge in [0.2, 0.25) is 0 Å². The molecule has 1 saturated heterocycles. The van der Waals surface area contributed by atoms with Crippen molar-refractivity contribution in [2.24, 2.45) is 5.92 Å². The zero-order valence-corrected chi connectivity index (χ0v) is 21.6. The third-order valence-corrected chi connectivity index (χ3v) is 6.18. The third-order valence-electron chi connectivity index (χ3n) is 6.18. The molecule has 1 fully saturated rings. The Hall–Kier alpha value is -1.10. The summed E-state index contributed by atoms with van der Waals surface area (Å²) >= 11 is 0. The summed E-state index contributed by atoms with van der Waals surface area (Å²) in [5, 5.41) is 3.62. The van der Waals surface area contributed by atoms with Gasteiger partial charge in [-0.1, -0.05) is 18.6 Å². The van der Waals surface area contributed by atoms with Crippen molar-refractivity contribution in [3.63, 3.8) is 0 Å². The Bertz CT molecular complexity index is 612. The second-order valence-electron chi connectivity index (χ2n) is 10.9. The van der Waals surface area contributed by atoms with Crippen molar-refractivity contribution in [1.29, 1.82) is 0 Å². The van der Waals surface area contributed by atoms with Crippen LogP contribution in [0.25, 0.3) is 0 Å². The van der Waals surface area contributed by atoms with E-state index in [-0.39, 0.29) is 5.54 Å². The van der Waals surface area contributed by atoms with E-state index in [1.807, 2.05) is 0 Å². The minimum Gasteiger partial charge on any atom is -0.492 e. The number of nitrogens with one attached hydrogen (secondary N) is 1. The molecule has 1 aromatic carbocycles. The van der Waals surface area contributed by atoms with Gasteiger partial charge in [-0.15, -0.1) is 0 Å². The number of rotatable bonds is 15. The monoisotopic (exact) mass is 446 g/mol. The smallest absolute Gasteiger partial charge is 0.119 e. The topological polar surface area (TPSA) is 33.7 Å². The van der Waals surface area contributed by atoms with E-state index in [1.165, 1.54) is 57.2 Å². The first-order valence-corrected chi connectivity index (χ1v) is 13.1. The van der Waals surface area contributed by atoms with Gasteiger partial charge in [0.15, 0.2) is 0 Å². The number of hydrogen-bond acceptors (Lipinski definition) is 4. The number of benzene rings is 1. The molecule has 4 nitrogen and oxygen atoms in total. The van der Waals surface area contributed by atoms with Crippen LogP contribution in [0.1, 0.15) is 85.1 Å². The summed E-state index contributed by atoms with van der Waals surface area (Å²) in [6.07, 6.45) is 10.4. The van der Waals surface area contributed by atoms with E-state index >= 15 is 0 Å². The molecule has 0 saturated carbocycles. The van der Waals surface area contributed by atoms with Gasteiger partial charge in [0, 0.05) is 25.2 Å². The van der Waals surface area contributed by atoms with Gasteiger partial charge in [-0.2, -0.15) is 0 Å². The van der Waals surface area contributed by atoms with Crippen LogP contribution < -0.4 is 10.1 Å². The summed E-state index contributed by atoms with van der Waals surface area (Å²) in [6, 6.07) is 8.68. The van der Waals surface area contributed by atoms with Gasteiger partial charge in [0.25, 0.3) is 0 Å². The van der Waals surface area contributed by atoms with Gasteiger partial charge in [0.05, 0.1) is 6.10 Å². The number of nitrogens with zero attached hydrogens (tertiary/aromatic N) is 1. The van der Waals surface area contributed by atoms with Crippen molar-refractivity contribution in [2.45, 2.75) is 97.6 Å². The second kappa shape index (κ2) is 14.9. The lowest BCUT2D eigenvalue weighted by Gasteiger charge is -2.33. The molecule has 1 aliphatic rings. The van der Waals surface area contributed by atoms with E-state index in [2.05, 4.69) is 69.1 Å². The van der Waals surface area contributed by atoms with Crippen molar-refractivity contribution < 1.29 is 9.47 Å². The van der Waals surface area contributed by atoms with Crippen molar-refractivity contribution in [1.82, 2.24) is 10.2 Å². The largest absolute Gasteiger partial charge is 0.492 e. The number of aryl methyl sites for hydroxylation is 1. The van der Waals surface area contributed by atoms with Crippen LogP contribution in [0.3, 0.4) is 0 Å². The lowest BCUT2D eigenvalue weighted by molar-refractivity contribution is 0.0758. The Morgan fingerprint density at radius 2 is 1.94 bits per heavy atom. The quantitative estimate of drug-likeness (QED) is 0.331. The van der Waals surface area contributed by atoms with Gasteiger partial charge in [0.1, 0.15) is 12.4 Å². The molecule has 0 spiro atoms. The first kappa shape index (κ1) is 27.1. The average molecular weight is 447 g/mol. The Kier molecular flexibility index (Phi) is 12.7. The molecule has 4 heteroatoms. The fourth-order valence-electron chi connectivity index (χ4n) is 4.45. The Morgan fingerprint density at radius 1 is 1.09 bits per heavy atom. The Labute approximate surface area is 198 Å². The predicted octanol–water partition coefficient (Wildman–Crippen LogP) is 6.08. The fourth-order valence-corrected chi connectivity index (χ4v) is 4.45. The highest BCUT2D eigenvalue weighted by molar-refractivity contribution is 5.28. The molecule has 0 amide bonds. The zero-order chi connectivity index (χ0) is 23.2. The van der Waals surface area contributed by atoms with Gasteiger partial charge in [-0.3, -0.25) is 4.90 Å². The first-order valence-electron chi connectivity index (χ1n) is 13.1. The van der Waals surface area contributed by atoms with Crippen LogP contribution in [-0.2, 0) is 11.2 Å². The van der Waals surface area contributed by atoms with Crippen molar-refractivity contribution in [3.8, 4) is 5.75 Å². The molecule has 1 N–H and O–H groups in total. The van der Waals surface area contributed by atoms with Crippen LogP contribution in [0.4, 0.5) is 0 Å². The van der Waals surface area contributed by atoms with Gasteiger partial charge >= 0.3 is 0 Å². The van der Waals surface area contributed by atoms with Crippen LogP contribution in [0.5, 0.6) is 5.75 Å². The van der Waals surface area contributed by atoms with E-state index in [0.29, 0.717) is 6.10 Å². The van der Waals surface area contributed by atoms with Crippen LogP contribution in [0.15, 0.2) is 24.3 Å². The SMILES string of the molecule is CC(C)OCCCCCc1cccc(OCCN2CCCC(CCCNC(C)(C)C)C2)c1. The number of piperidine rings is 1. The van der Waals surface area contributed by atoms with Crippen molar-refractivity contribution in [2.75, 3.05) is 39.4 Å². The molecule has 0 bridgehead atoms. The minimum absolute atomic E-state index is 0.232. The van der Waals surface area contributed by atoms with E-state index in [4.69, 9.17) is 9.47 Å². The molecule has 32 heavy (non-hydrogen) atoms. The maximum absolute atomic E-state index is 6.12. The Morgan fingerprint density at radius 3 is 2.72 bits per heavy atom. The number of ether oxygens (including phenoxy) is 2. The summed E-state index contributed by atoms with van der Waals surface area (Å²) in [5.74, 6) is 1.87. The van der Waals surface area contributed by atoms with Crippen molar-refractivity contribution in [3.05, 3.63) is 29.8 Å². The molecule has 0 radical (unpaired) electrons. The zero-order valence-electron chi connectivity index (χ0n) is 21.6. The Balaban J connectivity index is 1.59. The second-order valence-corrected chi connectivity index (χ2v) is 10.9. The summed E-state index contributed by atoms with van der Waals surface area (Å²) in [4.78, 5) is 2.61. The standard InChI is InChI=1S/C28H50N2O2/c1-24(2)31-20-8-6-7-12-25-13-9-16-27(22-25)32-21-19-30-18-11-15-26(23-30)14-10-17-29-28(3,4)5/h9,13,16,22,24,26,29H,6-8,10-12,14-15,17-21,23H2,1-5H3. The first-order chi connectivity index (χ1) is 15.3. The highest BCUT2D eigenvalue weighted by Gasteiger charge is 2.19. The molecule has 0 aromatic heterocycles. The van der Waals surface area contributed by atoms with E-state index < -0.39 is 0 Å². The summed E-state index contributed by atoms with van der Waals surface area (Å²) < 4.78 is 11.7. The molecule has 1 atom stereocenters. The highest BCUT2D eigenvalue weighted by Crippen LogP contribution is 2.21. The molecule has 1 heterocycles. The molecule has 1 aromatic rings. The molecular weight excluding hydrogens is 396 g/mol. The maximum atomic E-state index is 6.12. The maximum Gasteiger partial charge on any atom is 0.119 e. The van der Waals surface area contributed by atoms with Gasteiger partial charge in [-0.05, 0) is 116 Å². The predicted molar refractivity (Wildman–Crippen MR) is 137 cm³/mol. The number of unbranched alkanes of at least 4 members (excludes halogenated alkanes) is 2. The third kappa shape index (κ3) is 12.8. The minimum atomic E-state index is 0.232.